The Bertz CT molecular complexity index is 466. The fraction of sp³-hybridized carbons (Fsp3) is 0.500. The largest absolute Gasteiger partial charge is 0.467 e. The van der Waals surface area contributed by atoms with Gasteiger partial charge >= 0.3 is 5.97 Å². The van der Waals surface area contributed by atoms with Gasteiger partial charge in [-0.1, -0.05) is 44.2 Å². The van der Waals surface area contributed by atoms with Crippen LogP contribution >= 0.6 is 12.4 Å². The lowest BCUT2D eigenvalue weighted by atomic mass is 10.0. The van der Waals surface area contributed by atoms with E-state index in [-0.39, 0.29) is 24.2 Å². The molecule has 0 radical (unpaired) electrons. The van der Waals surface area contributed by atoms with Crippen molar-refractivity contribution in [2.75, 3.05) is 7.11 Å². The second-order valence-corrected chi connectivity index (χ2v) is 5.51. The van der Waals surface area contributed by atoms with E-state index in [0.717, 1.165) is 5.56 Å². The predicted octanol–water partition coefficient (Wildman–Crippen LogP) is 1.68. The minimum Gasteiger partial charge on any atom is -0.467 e. The van der Waals surface area contributed by atoms with Crippen molar-refractivity contribution < 1.29 is 14.3 Å². The number of ether oxygens (including phenoxy) is 1. The molecule has 1 aromatic carbocycles. The van der Waals surface area contributed by atoms with Gasteiger partial charge in [-0.2, -0.15) is 0 Å². The number of nitrogens with two attached hydrogens (primary N) is 1. The lowest BCUT2D eigenvalue weighted by Gasteiger charge is -2.20. The molecule has 1 aromatic rings. The SMILES string of the molecule is COC(=O)C(CC(C)C)NC(=O)C(N)Cc1ccccc1.Cl. The normalized spacial score (nSPS) is 13.0. The average molecular weight is 329 g/mol. The first-order chi connectivity index (χ1) is 9.93. The van der Waals surface area contributed by atoms with E-state index >= 15 is 0 Å². The van der Waals surface area contributed by atoms with Gasteiger partial charge in [-0.25, -0.2) is 4.79 Å². The number of amides is 1. The van der Waals surface area contributed by atoms with E-state index in [1.54, 1.807) is 0 Å². The molecule has 0 aromatic heterocycles. The fourth-order valence-electron chi connectivity index (χ4n) is 2.07. The number of rotatable bonds is 7. The topological polar surface area (TPSA) is 81.4 Å². The quantitative estimate of drug-likeness (QED) is 0.746. The second kappa shape index (κ2) is 10.2. The lowest BCUT2D eigenvalue weighted by Crippen LogP contribution is -2.49. The highest BCUT2D eigenvalue weighted by molar-refractivity contribution is 5.87. The number of carbonyl (C=O) groups is 2. The van der Waals surface area contributed by atoms with Crippen LogP contribution < -0.4 is 11.1 Å². The first kappa shape index (κ1) is 20.4. The maximum atomic E-state index is 12.1. The highest BCUT2D eigenvalue weighted by atomic mass is 35.5. The predicted molar refractivity (Wildman–Crippen MR) is 88.8 cm³/mol. The Labute approximate surface area is 138 Å². The number of hydrogen-bond acceptors (Lipinski definition) is 4. The summed E-state index contributed by atoms with van der Waals surface area (Å²) >= 11 is 0. The Balaban J connectivity index is 0.00000441. The Morgan fingerprint density at radius 3 is 2.32 bits per heavy atom. The van der Waals surface area contributed by atoms with Crippen molar-refractivity contribution in [3.05, 3.63) is 35.9 Å². The van der Waals surface area contributed by atoms with Gasteiger partial charge in [0.15, 0.2) is 0 Å². The fourth-order valence-corrected chi connectivity index (χ4v) is 2.07. The summed E-state index contributed by atoms with van der Waals surface area (Å²) in [6.45, 7) is 3.96. The number of halogens is 1. The van der Waals surface area contributed by atoms with E-state index in [4.69, 9.17) is 10.5 Å². The molecule has 0 saturated carbocycles. The van der Waals surface area contributed by atoms with Gasteiger partial charge in [-0.05, 0) is 24.3 Å². The van der Waals surface area contributed by atoms with Crippen LogP contribution in [-0.4, -0.2) is 31.1 Å². The monoisotopic (exact) mass is 328 g/mol. The lowest BCUT2D eigenvalue weighted by molar-refractivity contribution is -0.145. The van der Waals surface area contributed by atoms with Gasteiger partial charge in [0.1, 0.15) is 6.04 Å². The first-order valence-electron chi connectivity index (χ1n) is 7.11. The zero-order valence-electron chi connectivity index (χ0n) is 13.2. The standard InChI is InChI=1S/C16H24N2O3.ClH/c1-11(2)9-14(16(20)21-3)18-15(19)13(17)10-12-7-5-4-6-8-12;/h4-8,11,13-14H,9-10,17H2,1-3H3,(H,18,19);1H. The molecular weight excluding hydrogens is 304 g/mol. The van der Waals surface area contributed by atoms with E-state index in [1.165, 1.54) is 7.11 Å². The van der Waals surface area contributed by atoms with Crippen LogP contribution in [0.1, 0.15) is 25.8 Å². The minimum atomic E-state index is -0.688. The number of methoxy groups -OCH3 is 1. The van der Waals surface area contributed by atoms with Gasteiger partial charge in [0.05, 0.1) is 13.2 Å². The zero-order valence-corrected chi connectivity index (χ0v) is 14.1. The molecule has 0 fully saturated rings. The van der Waals surface area contributed by atoms with Gasteiger partial charge in [-0.15, -0.1) is 12.4 Å². The van der Waals surface area contributed by atoms with Gasteiger partial charge < -0.3 is 15.8 Å². The molecule has 0 aliphatic carbocycles. The van der Waals surface area contributed by atoms with Gasteiger partial charge in [0.25, 0.3) is 0 Å². The van der Waals surface area contributed by atoms with Gasteiger partial charge in [0, 0.05) is 0 Å². The summed E-state index contributed by atoms with van der Waals surface area (Å²) in [5, 5.41) is 2.68. The Morgan fingerprint density at radius 2 is 1.82 bits per heavy atom. The smallest absolute Gasteiger partial charge is 0.328 e. The molecule has 0 heterocycles. The third-order valence-electron chi connectivity index (χ3n) is 3.14. The molecule has 2 unspecified atom stereocenters. The van der Waals surface area contributed by atoms with Crippen LogP contribution in [-0.2, 0) is 20.7 Å². The van der Waals surface area contributed by atoms with Crippen molar-refractivity contribution in [2.24, 2.45) is 11.7 Å². The highest BCUT2D eigenvalue weighted by Gasteiger charge is 2.25. The molecule has 5 nitrogen and oxygen atoms in total. The third-order valence-corrected chi connectivity index (χ3v) is 3.14. The van der Waals surface area contributed by atoms with Crippen LogP contribution in [0, 0.1) is 5.92 Å². The molecule has 0 aliphatic rings. The van der Waals surface area contributed by atoms with Crippen LogP contribution in [0.2, 0.25) is 0 Å². The third kappa shape index (κ3) is 6.91. The maximum absolute atomic E-state index is 12.1. The molecule has 3 N–H and O–H groups in total. The summed E-state index contributed by atoms with van der Waals surface area (Å²) in [6, 6.07) is 8.20. The number of benzene rings is 1. The average Bonchev–Trinajstić information content (AvgIpc) is 2.46. The van der Waals surface area contributed by atoms with Gasteiger partial charge in [-0.3, -0.25) is 4.79 Å². The van der Waals surface area contributed by atoms with Crippen LogP contribution in [0.3, 0.4) is 0 Å². The maximum Gasteiger partial charge on any atom is 0.328 e. The van der Waals surface area contributed by atoms with Crippen molar-refractivity contribution in [2.45, 2.75) is 38.8 Å². The van der Waals surface area contributed by atoms with Crippen LogP contribution in [0.4, 0.5) is 0 Å². The van der Waals surface area contributed by atoms with E-state index in [9.17, 15) is 9.59 Å². The molecule has 0 saturated heterocycles. The number of esters is 1. The van der Waals surface area contributed by atoms with E-state index in [0.29, 0.717) is 12.8 Å². The van der Waals surface area contributed by atoms with Crippen LogP contribution in [0.5, 0.6) is 0 Å². The van der Waals surface area contributed by atoms with Gasteiger partial charge in [0.2, 0.25) is 5.91 Å². The number of hydrogen-bond donors (Lipinski definition) is 2. The molecule has 6 heteroatoms. The molecule has 1 amide bonds. The molecule has 0 bridgehead atoms. The van der Waals surface area contributed by atoms with E-state index in [1.807, 2.05) is 44.2 Å². The van der Waals surface area contributed by atoms with Crippen LogP contribution in [0.25, 0.3) is 0 Å². The summed E-state index contributed by atoms with van der Waals surface area (Å²) in [6.07, 6.45) is 0.957. The van der Waals surface area contributed by atoms with E-state index in [2.05, 4.69) is 5.32 Å². The number of nitrogens with one attached hydrogen (secondary N) is 1. The molecule has 2 atom stereocenters. The Kier molecular flexibility index (Phi) is 9.45. The molecule has 0 spiro atoms. The molecule has 1 rings (SSSR count). The van der Waals surface area contributed by atoms with Crippen molar-refractivity contribution in [1.29, 1.82) is 0 Å². The summed E-state index contributed by atoms with van der Waals surface area (Å²) in [4.78, 5) is 23.8. The summed E-state index contributed by atoms with van der Waals surface area (Å²) in [5.74, 6) is -0.515. The van der Waals surface area contributed by atoms with E-state index < -0.39 is 18.1 Å². The highest BCUT2D eigenvalue weighted by Crippen LogP contribution is 2.07. The summed E-state index contributed by atoms with van der Waals surface area (Å²) < 4.78 is 4.72. The minimum absolute atomic E-state index is 0. The molecule has 22 heavy (non-hydrogen) atoms. The first-order valence-corrected chi connectivity index (χ1v) is 7.11. The zero-order chi connectivity index (χ0) is 15.8. The van der Waals surface area contributed by atoms with Crippen molar-refractivity contribution in [1.82, 2.24) is 5.32 Å². The second-order valence-electron chi connectivity index (χ2n) is 5.51. The molecule has 124 valence electrons. The van der Waals surface area contributed by atoms with Crippen molar-refractivity contribution in [3.8, 4) is 0 Å². The number of carbonyl (C=O) groups excluding carboxylic acids is 2. The Morgan fingerprint density at radius 1 is 1.23 bits per heavy atom. The Hall–Kier alpha value is -1.59. The van der Waals surface area contributed by atoms with Crippen molar-refractivity contribution in [3.63, 3.8) is 0 Å². The molecular formula is C16H25ClN2O3. The van der Waals surface area contributed by atoms with Crippen LogP contribution in [0.15, 0.2) is 30.3 Å². The summed E-state index contributed by atoms with van der Waals surface area (Å²) in [5.41, 5.74) is 6.89. The van der Waals surface area contributed by atoms with Crippen molar-refractivity contribution >= 4 is 24.3 Å². The molecule has 0 aliphatic heterocycles. The summed E-state index contributed by atoms with van der Waals surface area (Å²) in [7, 11) is 1.31.